The third-order valence-electron chi connectivity index (χ3n) is 9.33. The second-order valence-electron chi connectivity index (χ2n) is 14.4. The van der Waals surface area contributed by atoms with Crippen LogP contribution in [0.5, 0.6) is 0 Å². The minimum Gasteiger partial charge on any atom is -0.462 e. The summed E-state index contributed by atoms with van der Waals surface area (Å²) in [5, 5.41) is 9.58. The Kier molecular flexibility index (Phi) is 41.0. The average molecular weight is 727 g/mol. The van der Waals surface area contributed by atoms with Crippen LogP contribution in [0, 0.1) is 0 Å². The van der Waals surface area contributed by atoms with Crippen LogP contribution >= 0.6 is 0 Å². The molecule has 0 bridgehead atoms. The van der Waals surface area contributed by atoms with Gasteiger partial charge >= 0.3 is 11.9 Å². The Labute approximate surface area is 321 Å². The van der Waals surface area contributed by atoms with Crippen LogP contribution in [0.15, 0.2) is 60.8 Å². The number of hydrogen-bond donors (Lipinski definition) is 1. The first-order chi connectivity index (χ1) is 25.6. The van der Waals surface area contributed by atoms with Crippen molar-refractivity contribution in [3.8, 4) is 0 Å². The molecule has 0 unspecified atom stereocenters. The smallest absolute Gasteiger partial charge is 0.306 e. The molecular formula is C47H82O5. The van der Waals surface area contributed by atoms with Gasteiger partial charge in [-0.15, -0.1) is 0 Å². The van der Waals surface area contributed by atoms with Gasteiger partial charge in [-0.3, -0.25) is 9.59 Å². The maximum Gasteiger partial charge on any atom is 0.306 e. The zero-order valence-corrected chi connectivity index (χ0v) is 34.1. The van der Waals surface area contributed by atoms with E-state index in [1.165, 1.54) is 103 Å². The van der Waals surface area contributed by atoms with Crippen LogP contribution in [-0.4, -0.2) is 36.4 Å². The van der Waals surface area contributed by atoms with E-state index in [1.54, 1.807) is 0 Å². The van der Waals surface area contributed by atoms with Crippen molar-refractivity contribution < 1.29 is 24.2 Å². The topological polar surface area (TPSA) is 72.8 Å². The van der Waals surface area contributed by atoms with Gasteiger partial charge in [-0.05, 0) is 57.8 Å². The Bertz CT molecular complexity index is 915. The molecule has 0 aliphatic heterocycles. The molecule has 300 valence electrons. The second kappa shape index (κ2) is 43.0. The molecule has 1 atom stereocenters. The Morgan fingerprint density at radius 2 is 0.827 bits per heavy atom. The zero-order valence-electron chi connectivity index (χ0n) is 34.1. The van der Waals surface area contributed by atoms with Gasteiger partial charge in [0.2, 0.25) is 0 Å². The number of esters is 2. The van der Waals surface area contributed by atoms with Gasteiger partial charge < -0.3 is 14.6 Å². The van der Waals surface area contributed by atoms with Gasteiger partial charge in [0, 0.05) is 12.8 Å². The van der Waals surface area contributed by atoms with Gasteiger partial charge in [0.1, 0.15) is 6.61 Å². The number of hydrogen-bond acceptors (Lipinski definition) is 5. The van der Waals surface area contributed by atoms with E-state index in [9.17, 15) is 14.7 Å². The van der Waals surface area contributed by atoms with E-state index in [0.717, 1.165) is 77.0 Å². The maximum absolute atomic E-state index is 12.2. The van der Waals surface area contributed by atoms with Gasteiger partial charge in [0.25, 0.3) is 0 Å². The molecule has 1 N–H and O–H groups in total. The quantitative estimate of drug-likeness (QED) is 0.0388. The number of ether oxygens (including phenoxy) is 2. The zero-order chi connectivity index (χ0) is 37.8. The summed E-state index contributed by atoms with van der Waals surface area (Å²) >= 11 is 0. The van der Waals surface area contributed by atoms with Gasteiger partial charge in [0.05, 0.1) is 6.61 Å². The van der Waals surface area contributed by atoms with E-state index in [0.29, 0.717) is 12.8 Å². The van der Waals surface area contributed by atoms with Crippen LogP contribution in [0.25, 0.3) is 0 Å². The summed E-state index contributed by atoms with van der Waals surface area (Å²) in [6.07, 6.45) is 55.8. The molecule has 52 heavy (non-hydrogen) atoms. The first kappa shape index (κ1) is 49.6. The third-order valence-corrected chi connectivity index (χ3v) is 9.33. The van der Waals surface area contributed by atoms with Gasteiger partial charge in [-0.25, -0.2) is 0 Å². The van der Waals surface area contributed by atoms with Crippen molar-refractivity contribution in [2.45, 2.75) is 213 Å². The summed E-state index contributed by atoms with van der Waals surface area (Å²) < 4.78 is 10.6. The number of aliphatic hydroxyl groups is 1. The predicted octanol–water partition coefficient (Wildman–Crippen LogP) is 14.0. The first-order valence-corrected chi connectivity index (χ1v) is 21.8. The van der Waals surface area contributed by atoms with Crippen molar-refractivity contribution in [1.82, 2.24) is 0 Å². The molecule has 0 radical (unpaired) electrons. The summed E-state index contributed by atoms with van der Waals surface area (Å²) in [7, 11) is 0. The fourth-order valence-electron chi connectivity index (χ4n) is 6.05. The Morgan fingerprint density at radius 1 is 0.462 bits per heavy atom. The molecule has 0 saturated carbocycles. The molecule has 0 rings (SSSR count). The molecule has 0 aliphatic carbocycles. The first-order valence-electron chi connectivity index (χ1n) is 21.8. The van der Waals surface area contributed by atoms with Crippen molar-refractivity contribution in [2.24, 2.45) is 0 Å². The number of aliphatic hydroxyl groups excluding tert-OH is 1. The molecule has 0 fully saturated rings. The maximum atomic E-state index is 12.2. The molecule has 0 heterocycles. The highest BCUT2D eigenvalue weighted by Gasteiger charge is 2.16. The van der Waals surface area contributed by atoms with E-state index in [2.05, 4.69) is 74.6 Å². The van der Waals surface area contributed by atoms with Gasteiger partial charge in [0.15, 0.2) is 6.10 Å². The van der Waals surface area contributed by atoms with Crippen molar-refractivity contribution in [3.63, 3.8) is 0 Å². The fourth-order valence-corrected chi connectivity index (χ4v) is 6.05. The lowest BCUT2D eigenvalue weighted by Crippen LogP contribution is -2.28. The minimum atomic E-state index is -0.789. The summed E-state index contributed by atoms with van der Waals surface area (Å²) in [5.74, 6) is -0.625. The molecule has 5 heteroatoms. The van der Waals surface area contributed by atoms with Gasteiger partial charge in [-0.2, -0.15) is 0 Å². The average Bonchev–Trinajstić information content (AvgIpc) is 3.15. The lowest BCUT2D eigenvalue weighted by atomic mass is 10.0. The van der Waals surface area contributed by atoms with Crippen molar-refractivity contribution in [2.75, 3.05) is 13.2 Å². The summed E-state index contributed by atoms with van der Waals surface area (Å²) in [4.78, 5) is 24.3. The van der Waals surface area contributed by atoms with E-state index in [-0.39, 0.29) is 25.2 Å². The van der Waals surface area contributed by atoms with Crippen molar-refractivity contribution >= 4 is 11.9 Å². The van der Waals surface area contributed by atoms with Crippen LogP contribution in [0.3, 0.4) is 0 Å². The van der Waals surface area contributed by atoms with Crippen molar-refractivity contribution in [1.29, 1.82) is 0 Å². The number of allylic oxidation sites excluding steroid dienone is 10. The molecule has 0 aromatic carbocycles. The Hall–Kier alpha value is -2.40. The SMILES string of the molecule is CCC=CCC=CCC=CCC=CCC=CCCCCCC(=O)O[C@@H](CO)COC(=O)CCCCCCCCCCCCCCCCCCCCC. The summed E-state index contributed by atoms with van der Waals surface area (Å²) in [6.45, 7) is 4.01. The molecule has 0 aliphatic rings. The summed E-state index contributed by atoms with van der Waals surface area (Å²) in [6, 6.07) is 0. The van der Waals surface area contributed by atoms with Gasteiger partial charge in [-0.1, -0.05) is 197 Å². The van der Waals surface area contributed by atoms with E-state index < -0.39 is 6.10 Å². The number of carbonyl (C=O) groups is 2. The van der Waals surface area contributed by atoms with Crippen LogP contribution in [0.2, 0.25) is 0 Å². The number of rotatable bonds is 39. The van der Waals surface area contributed by atoms with E-state index in [4.69, 9.17) is 9.47 Å². The summed E-state index contributed by atoms with van der Waals surface area (Å²) in [5.41, 5.74) is 0. The van der Waals surface area contributed by atoms with Crippen LogP contribution in [0.1, 0.15) is 206 Å². The third kappa shape index (κ3) is 40.4. The Morgan fingerprint density at radius 3 is 1.25 bits per heavy atom. The molecule has 0 aromatic rings. The Balaban J connectivity index is 3.59. The fraction of sp³-hybridized carbons (Fsp3) is 0.745. The monoisotopic (exact) mass is 727 g/mol. The highest BCUT2D eigenvalue weighted by atomic mass is 16.6. The van der Waals surface area contributed by atoms with Crippen LogP contribution in [0.4, 0.5) is 0 Å². The molecule has 0 spiro atoms. The van der Waals surface area contributed by atoms with E-state index in [1.807, 2.05) is 0 Å². The number of carbonyl (C=O) groups excluding carboxylic acids is 2. The molecular weight excluding hydrogens is 645 g/mol. The minimum absolute atomic E-state index is 0.0791. The standard InChI is InChI=1S/C47H82O5/c1-3-5-7-9-11-13-15-17-19-21-23-25-27-29-31-33-35-37-39-41-46(49)51-44-45(43-48)52-47(50)42-40-38-36-34-32-30-28-26-24-22-20-18-16-14-12-10-8-6-4-2/h6,8,12,14,18,20,24,26,30,32,45,48H,3-5,7,9-11,13,15-17,19,21-23,25,27-29,31,33-44H2,1-2H3/t45-/m0/s1. The molecule has 0 saturated heterocycles. The van der Waals surface area contributed by atoms with E-state index >= 15 is 0 Å². The lowest BCUT2D eigenvalue weighted by molar-refractivity contribution is -0.161. The molecule has 5 nitrogen and oxygen atoms in total. The normalized spacial score (nSPS) is 12.8. The predicted molar refractivity (Wildman–Crippen MR) is 223 cm³/mol. The van der Waals surface area contributed by atoms with Crippen LogP contribution < -0.4 is 0 Å². The van der Waals surface area contributed by atoms with Crippen LogP contribution in [-0.2, 0) is 19.1 Å². The van der Waals surface area contributed by atoms with Crippen molar-refractivity contribution in [3.05, 3.63) is 60.8 Å². The lowest BCUT2D eigenvalue weighted by Gasteiger charge is -2.15. The molecule has 0 aromatic heterocycles. The largest absolute Gasteiger partial charge is 0.462 e. The highest BCUT2D eigenvalue weighted by molar-refractivity contribution is 5.70. The second-order valence-corrected chi connectivity index (χ2v) is 14.4. The highest BCUT2D eigenvalue weighted by Crippen LogP contribution is 2.15. The molecule has 0 amide bonds. The number of unbranched alkanes of at least 4 members (excludes halogenated alkanes) is 21.